The van der Waals surface area contributed by atoms with Gasteiger partial charge in [0.15, 0.2) is 0 Å². The molecular weight excluding hydrogens is 334 g/mol. The summed E-state index contributed by atoms with van der Waals surface area (Å²) in [6.45, 7) is 4.56. The van der Waals surface area contributed by atoms with E-state index in [0.717, 1.165) is 38.0 Å². The average Bonchev–Trinajstić information content (AvgIpc) is 2.67. The minimum atomic E-state index is 0. The molecule has 2 heterocycles. The second-order valence-electron chi connectivity index (χ2n) is 6.26. The van der Waals surface area contributed by atoms with Crippen molar-refractivity contribution < 1.29 is 4.79 Å². The molecule has 2 aromatic rings. The van der Waals surface area contributed by atoms with Crippen LogP contribution in [0.2, 0.25) is 0 Å². The van der Waals surface area contributed by atoms with E-state index in [1.54, 1.807) is 6.20 Å². The summed E-state index contributed by atoms with van der Waals surface area (Å²) >= 11 is 0. The fourth-order valence-corrected chi connectivity index (χ4v) is 3.21. The monoisotopic (exact) mass is 359 g/mol. The number of aryl methyl sites for hydroxylation is 2. The summed E-state index contributed by atoms with van der Waals surface area (Å²) in [5.41, 5.74) is 3.67. The Morgan fingerprint density at radius 1 is 1.24 bits per heavy atom. The Morgan fingerprint density at radius 2 is 2.00 bits per heavy atom. The molecule has 1 amide bonds. The number of pyridine rings is 1. The van der Waals surface area contributed by atoms with Crippen LogP contribution in [-0.2, 0) is 17.6 Å². The van der Waals surface area contributed by atoms with Gasteiger partial charge in [-0.15, -0.1) is 12.4 Å². The molecule has 0 saturated carbocycles. The molecule has 1 aliphatic heterocycles. The van der Waals surface area contributed by atoms with Gasteiger partial charge in [-0.1, -0.05) is 37.3 Å². The van der Waals surface area contributed by atoms with Crippen LogP contribution in [-0.4, -0.2) is 35.4 Å². The highest BCUT2D eigenvalue weighted by Crippen LogP contribution is 2.22. The molecule has 1 fully saturated rings. The summed E-state index contributed by atoms with van der Waals surface area (Å²) in [6.07, 6.45) is 6.04. The van der Waals surface area contributed by atoms with Gasteiger partial charge in [0.25, 0.3) is 0 Å². The van der Waals surface area contributed by atoms with Crippen LogP contribution in [0.3, 0.4) is 0 Å². The molecule has 1 saturated heterocycles. The van der Waals surface area contributed by atoms with Crippen molar-refractivity contribution in [2.24, 2.45) is 0 Å². The topological polar surface area (TPSA) is 45.2 Å². The van der Waals surface area contributed by atoms with Crippen molar-refractivity contribution in [3.8, 4) is 0 Å². The van der Waals surface area contributed by atoms with E-state index in [4.69, 9.17) is 0 Å². The van der Waals surface area contributed by atoms with Crippen molar-refractivity contribution in [3.05, 3.63) is 65.5 Å². The molecule has 1 atom stereocenters. The lowest BCUT2D eigenvalue weighted by molar-refractivity contribution is -0.134. The van der Waals surface area contributed by atoms with Gasteiger partial charge in [0, 0.05) is 38.4 Å². The summed E-state index contributed by atoms with van der Waals surface area (Å²) in [6, 6.07) is 12.7. The van der Waals surface area contributed by atoms with Crippen molar-refractivity contribution in [2.75, 3.05) is 19.6 Å². The number of carbonyl (C=O) groups excluding carboxylic acids is 1. The molecule has 1 aromatic heterocycles. The van der Waals surface area contributed by atoms with Gasteiger partial charge in [-0.3, -0.25) is 9.78 Å². The summed E-state index contributed by atoms with van der Waals surface area (Å²) in [5, 5.41) is 3.38. The number of nitrogens with one attached hydrogen (secondary N) is 1. The van der Waals surface area contributed by atoms with Crippen LogP contribution >= 0.6 is 12.4 Å². The molecule has 0 aliphatic carbocycles. The highest BCUT2D eigenvalue weighted by molar-refractivity contribution is 5.85. The van der Waals surface area contributed by atoms with Gasteiger partial charge in [-0.05, 0) is 35.6 Å². The predicted octanol–water partition coefficient (Wildman–Crippen LogP) is 3.17. The first-order chi connectivity index (χ1) is 11.8. The Hall–Kier alpha value is -1.91. The Bertz CT molecular complexity index is 660. The maximum absolute atomic E-state index is 12.8. The lowest BCUT2D eigenvalue weighted by atomic mass is 10.0. The van der Waals surface area contributed by atoms with E-state index < -0.39 is 0 Å². The molecule has 3 rings (SSSR count). The van der Waals surface area contributed by atoms with Crippen LogP contribution in [0.1, 0.15) is 36.1 Å². The minimum absolute atomic E-state index is 0. The van der Waals surface area contributed by atoms with Crippen LogP contribution < -0.4 is 5.32 Å². The SMILES string of the molecule is CCc1ccc(CCC(=O)N2CCNCC2c2cccnc2)cc1.Cl. The normalized spacial score (nSPS) is 17.0. The molecule has 1 N–H and O–H groups in total. The Kier molecular flexibility index (Phi) is 7.41. The van der Waals surface area contributed by atoms with Gasteiger partial charge in [-0.25, -0.2) is 0 Å². The molecule has 0 radical (unpaired) electrons. The smallest absolute Gasteiger partial charge is 0.223 e. The number of benzene rings is 1. The van der Waals surface area contributed by atoms with Crippen LogP contribution in [0, 0.1) is 0 Å². The Balaban J connectivity index is 0.00000225. The van der Waals surface area contributed by atoms with Crippen molar-refractivity contribution in [1.29, 1.82) is 0 Å². The largest absolute Gasteiger partial charge is 0.333 e. The van der Waals surface area contributed by atoms with E-state index in [2.05, 4.69) is 47.6 Å². The molecule has 25 heavy (non-hydrogen) atoms. The van der Waals surface area contributed by atoms with Gasteiger partial charge >= 0.3 is 0 Å². The third-order valence-corrected chi connectivity index (χ3v) is 4.69. The van der Waals surface area contributed by atoms with Gasteiger partial charge in [0.2, 0.25) is 5.91 Å². The number of piperazine rings is 1. The molecule has 1 aliphatic rings. The third-order valence-electron chi connectivity index (χ3n) is 4.69. The Morgan fingerprint density at radius 3 is 2.68 bits per heavy atom. The number of amides is 1. The second-order valence-corrected chi connectivity index (χ2v) is 6.26. The zero-order valence-electron chi connectivity index (χ0n) is 14.6. The third kappa shape index (κ3) is 5.03. The van der Waals surface area contributed by atoms with Gasteiger partial charge < -0.3 is 10.2 Å². The first-order valence-corrected chi connectivity index (χ1v) is 8.76. The first kappa shape index (κ1) is 19.4. The highest BCUT2D eigenvalue weighted by Gasteiger charge is 2.27. The first-order valence-electron chi connectivity index (χ1n) is 8.76. The minimum Gasteiger partial charge on any atom is -0.333 e. The van der Waals surface area contributed by atoms with E-state index >= 15 is 0 Å². The number of carbonyl (C=O) groups is 1. The highest BCUT2D eigenvalue weighted by atomic mass is 35.5. The zero-order valence-corrected chi connectivity index (χ0v) is 15.5. The predicted molar refractivity (Wildman–Crippen MR) is 103 cm³/mol. The lowest BCUT2D eigenvalue weighted by Gasteiger charge is -2.36. The van der Waals surface area contributed by atoms with Gasteiger partial charge in [-0.2, -0.15) is 0 Å². The maximum atomic E-state index is 12.8. The molecule has 0 spiro atoms. The van der Waals surface area contributed by atoms with E-state index in [9.17, 15) is 4.79 Å². The zero-order chi connectivity index (χ0) is 16.8. The standard InChI is InChI=1S/C20H25N3O.ClH/c1-2-16-5-7-17(8-6-16)9-10-20(24)23-13-12-22-15-19(23)18-4-3-11-21-14-18;/h3-8,11,14,19,22H,2,9-10,12-13,15H2,1H3;1H. The lowest BCUT2D eigenvalue weighted by Crippen LogP contribution is -2.48. The Labute approximate surface area is 156 Å². The van der Waals surface area contributed by atoms with Crippen LogP contribution in [0.15, 0.2) is 48.8 Å². The van der Waals surface area contributed by atoms with Crippen LogP contribution in [0.25, 0.3) is 0 Å². The number of nitrogens with zero attached hydrogens (tertiary/aromatic N) is 2. The average molecular weight is 360 g/mol. The molecule has 5 heteroatoms. The summed E-state index contributed by atoms with van der Waals surface area (Å²) in [7, 11) is 0. The van der Waals surface area contributed by atoms with E-state index in [0.29, 0.717) is 6.42 Å². The molecule has 4 nitrogen and oxygen atoms in total. The fourth-order valence-electron chi connectivity index (χ4n) is 3.21. The molecule has 0 bridgehead atoms. The van der Waals surface area contributed by atoms with Crippen LogP contribution in [0.5, 0.6) is 0 Å². The van der Waals surface area contributed by atoms with Gasteiger partial charge in [0.1, 0.15) is 0 Å². The van der Waals surface area contributed by atoms with E-state index in [1.807, 2.05) is 17.2 Å². The second kappa shape index (κ2) is 9.54. The van der Waals surface area contributed by atoms with Crippen LogP contribution in [0.4, 0.5) is 0 Å². The number of aromatic nitrogens is 1. The van der Waals surface area contributed by atoms with Crippen molar-refractivity contribution in [2.45, 2.75) is 32.2 Å². The van der Waals surface area contributed by atoms with Gasteiger partial charge in [0.05, 0.1) is 6.04 Å². The van der Waals surface area contributed by atoms with E-state index in [1.165, 1.54) is 11.1 Å². The molecular formula is C20H26ClN3O. The number of rotatable bonds is 5. The fraction of sp³-hybridized carbons (Fsp3) is 0.400. The van der Waals surface area contributed by atoms with Crippen molar-refractivity contribution in [3.63, 3.8) is 0 Å². The summed E-state index contributed by atoms with van der Waals surface area (Å²) < 4.78 is 0. The molecule has 134 valence electrons. The van der Waals surface area contributed by atoms with Crippen molar-refractivity contribution >= 4 is 18.3 Å². The summed E-state index contributed by atoms with van der Waals surface area (Å²) in [5.74, 6) is 0.227. The molecule has 1 unspecified atom stereocenters. The maximum Gasteiger partial charge on any atom is 0.223 e. The van der Waals surface area contributed by atoms with E-state index in [-0.39, 0.29) is 24.4 Å². The number of hydrogen-bond donors (Lipinski definition) is 1. The number of hydrogen-bond acceptors (Lipinski definition) is 3. The number of halogens is 1. The summed E-state index contributed by atoms with van der Waals surface area (Å²) in [4.78, 5) is 19.0. The molecule has 1 aromatic carbocycles. The quantitative estimate of drug-likeness (QED) is 0.891. The van der Waals surface area contributed by atoms with Crippen molar-refractivity contribution in [1.82, 2.24) is 15.2 Å².